The molecule has 1 aliphatic rings. The van der Waals surface area contributed by atoms with Crippen molar-refractivity contribution in [3.8, 4) is 0 Å². The number of carbonyl (C=O) groups excluding carboxylic acids is 1. The summed E-state index contributed by atoms with van der Waals surface area (Å²) < 4.78 is 10.7. The Morgan fingerprint density at radius 1 is 1.38 bits per heavy atom. The Hall–Kier alpha value is -0.690. The number of likely N-dealkylation sites (tertiary alicyclic amines) is 1. The van der Waals surface area contributed by atoms with Gasteiger partial charge in [-0.15, -0.1) is 0 Å². The molecule has 0 aromatic heterocycles. The fraction of sp³-hybridized carbons (Fsp3) is 0.900. The highest BCUT2D eigenvalue weighted by Gasteiger charge is 2.32. The predicted octanol–water partition coefficient (Wildman–Crippen LogP) is -0.898. The van der Waals surface area contributed by atoms with Crippen LogP contribution >= 0.6 is 0 Å². The summed E-state index contributed by atoms with van der Waals surface area (Å²) in [6.45, 7) is 2.59. The molecule has 6 nitrogen and oxygen atoms in total. The zero-order valence-corrected chi connectivity index (χ0v) is 9.94. The summed E-state index contributed by atoms with van der Waals surface area (Å²) in [6, 6.07) is 0. The molecule has 1 aliphatic heterocycles. The zero-order chi connectivity index (χ0) is 12.0. The lowest BCUT2D eigenvalue weighted by Crippen LogP contribution is -2.31. The summed E-state index contributed by atoms with van der Waals surface area (Å²) in [7, 11) is 3.39. The number of amides is 1. The van der Waals surface area contributed by atoms with E-state index in [0.717, 1.165) is 26.1 Å². The Morgan fingerprint density at radius 3 is 2.38 bits per heavy atom. The van der Waals surface area contributed by atoms with Gasteiger partial charge in [-0.05, 0) is 13.0 Å². The molecule has 3 N–H and O–H groups in total. The molecule has 6 heteroatoms. The zero-order valence-electron chi connectivity index (χ0n) is 9.94. The number of methoxy groups -OCH3 is 2. The van der Waals surface area contributed by atoms with Gasteiger partial charge in [0.2, 0.25) is 5.91 Å². The highest BCUT2D eigenvalue weighted by Crippen LogP contribution is 2.15. The SMILES string of the molecule is COC1CN(CCCC(=O)NN)CC1OC. The van der Waals surface area contributed by atoms with E-state index in [1.807, 2.05) is 0 Å². The highest BCUT2D eigenvalue weighted by atomic mass is 16.5. The minimum Gasteiger partial charge on any atom is -0.377 e. The molecule has 1 amide bonds. The molecule has 1 fully saturated rings. The first-order valence-electron chi connectivity index (χ1n) is 5.48. The lowest BCUT2D eigenvalue weighted by Gasteiger charge is -2.14. The maximum absolute atomic E-state index is 10.9. The third-order valence-corrected chi connectivity index (χ3v) is 2.94. The Bertz CT molecular complexity index is 213. The molecule has 16 heavy (non-hydrogen) atoms. The van der Waals surface area contributed by atoms with Gasteiger partial charge in [0.1, 0.15) is 0 Å². The van der Waals surface area contributed by atoms with E-state index in [-0.39, 0.29) is 18.1 Å². The number of nitrogens with one attached hydrogen (secondary N) is 1. The van der Waals surface area contributed by atoms with Gasteiger partial charge < -0.3 is 9.47 Å². The first kappa shape index (κ1) is 13.4. The average molecular weight is 231 g/mol. The van der Waals surface area contributed by atoms with Gasteiger partial charge in [-0.1, -0.05) is 0 Å². The van der Waals surface area contributed by atoms with Crippen LogP contribution in [0.3, 0.4) is 0 Å². The molecule has 1 heterocycles. The molecular formula is C10H21N3O3. The molecule has 0 spiro atoms. The normalized spacial score (nSPS) is 25.9. The van der Waals surface area contributed by atoms with E-state index in [4.69, 9.17) is 15.3 Å². The monoisotopic (exact) mass is 231 g/mol. The first-order chi connectivity index (χ1) is 7.71. The van der Waals surface area contributed by atoms with Crippen molar-refractivity contribution >= 4 is 5.91 Å². The second-order valence-electron chi connectivity index (χ2n) is 3.98. The largest absolute Gasteiger partial charge is 0.377 e. The first-order valence-corrected chi connectivity index (χ1v) is 5.48. The standard InChI is InChI=1S/C10H21N3O3/c1-15-8-6-13(7-9(8)16-2)5-3-4-10(14)12-11/h8-9H,3-7,11H2,1-2H3,(H,12,14). The van der Waals surface area contributed by atoms with Gasteiger partial charge in [0.05, 0.1) is 12.2 Å². The van der Waals surface area contributed by atoms with Gasteiger partial charge in [0, 0.05) is 33.7 Å². The lowest BCUT2D eigenvalue weighted by molar-refractivity contribution is -0.121. The molecule has 0 aliphatic carbocycles. The van der Waals surface area contributed by atoms with E-state index < -0.39 is 0 Å². The van der Waals surface area contributed by atoms with Crippen molar-refractivity contribution in [2.75, 3.05) is 33.9 Å². The van der Waals surface area contributed by atoms with Crippen molar-refractivity contribution in [3.63, 3.8) is 0 Å². The van der Waals surface area contributed by atoms with E-state index in [1.165, 1.54) is 0 Å². The molecular weight excluding hydrogens is 210 g/mol. The van der Waals surface area contributed by atoms with Crippen molar-refractivity contribution in [2.45, 2.75) is 25.0 Å². The molecule has 2 unspecified atom stereocenters. The number of hydrogen-bond acceptors (Lipinski definition) is 5. The summed E-state index contributed by atoms with van der Waals surface area (Å²) in [6.07, 6.45) is 1.53. The van der Waals surface area contributed by atoms with Crippen LogP contribution in [-0.4, -0.2) is 56.9 Å². The number of nitrogens with two attached hydrogens (primary N) is 1. The number of nitrogens with zero attached hydrogens (tertiary/aromatic N) is 1. The van der Waals surface area contributed by atoms with Crippen LogP contribution in [0.25, 0.3) is 0 Å². The molecule has 0 saturated carbocycles. The van der Waals surface area contributed by atoms with Crippen LogP contribution in [0.4, 0.5) is 0 Å². The van der Waals surface area contributed by atoms with Crippen molar-refractivity contribution in [2.24, 2.45) is 5.84 Å². The van der Waals surface area contributed by atoms with Gasteiger partial charge in [-0.25, -0.2) is 5.84 Å². The van der Waals surface area contributed by atoms with E-state index in [0.29, 0.717) is 6.42 Å². The van der Waals surface area contributed by atoms with E-state index >= 15 is 0 Å². The van der Waals surface area contributed by atoms with E-state index in [9.17, 15) is 4.79 Å². The Kier molecular flexibility index (Phi) is 5.68. The Labute approximate surface area is 96.0 Å². The van der Waals surface area contributed by atoms with E-state index in [2.05, 4.69) is 10.3 Å². The van der Waals surface area contributed by atoms with E-state index in [1.54, 1.807) is 14.2 Å². The number of hydrogen-bond donors (Lipinski definition) is 2. The smallest absolute Gasteiger partial charge is 0.233 e. The van der Waals surface area contributed by atoms with Crippen LogP contribution in [0.1, 0.15) is 12.8 Å². The maximum atomic E-state index is 10.9. The minimum absolute atomic E-state index is 0.120. The fourth-order valence-electron chi connectivity index (χ4n) is 1.99. The van der Waals surface area contributed by atoms with Crippen molar-refractivity contribution in [3.05, 3.63) is 0 Å². The van der Waals surface area contributed by atoms with Crippen LogP contribution < -0.4 is 11.3 Å². The third-order valence-electron chi connectivity index (χ3n) is 2.94. The van der Waals surface area contributed by atoms with Gasteiger partial charge in [-0.2, -0.15) is 0 Å². The molecule has 0 radical (unpaired) electrons. The molecule has 1 rings (SSSR count). The summed E-state index contributed by atoms with van der Waals surface area (Å²) in [5.74, 6) is 4.88. The minimum atomic E-state index is -0.120. The second-order valence-corrected chi connectivity index (χ2v) is 3.98. The van der Waals surface area contributed by atoms with Crippen LogP contribution in [0.5, 0.6) is 0 Å². The number of rotatable bonds is 6. The second kappa shape index (κ2) is 6.80. The van der Waals surface area contributed by atoms with Gasteiger partial charge in [-0.3, -0.25) is 15.1 Å². The quantitative estimate of drug-likeness (QED) is 0.352. The molecule has 0 aromatic rings. The Balaban J connectivity index is 2.22. The predicted molar refractivity (Wildman–Crippen MR) is 59.6 cm³/mol. The summed E-state index contributed by atoms with van der Waals surface area (Å²) in [5.41, 5.74) is 2.12. The third kappa shape index (κ3) is 3.71. The maximum Gasteiger partial charge on any atom is 0.233 e. The number of hydrazine groups is 1. The molecule has 0 bridgehead atoms. The fourth-order valence-corrected chi connectivity index (χ4v) is 1.99. The highest BCUT2D eigenvalue weighted by molar-refractivity contribution is 5.75. The molecule has 1 saturated heterocycles. The topological polar surface area (TPSA) is 76.8 Å². The average Bonchev–Trinajstić information content (AvgIpc) is 2.71. The van der Waals surface area contributed by atoms with Crippen LogP contribution in [0.2, 0.25) is 0 Å². The van der Waals surface area contributed by atoms with Gasteiger partial charge in [0.15, 0.2) is 0 Å². The Morgan fingerprint density at radius 2 is 1.94 bits per heavy atom. The molecule has 2 atom stereocenters. The summed E-state index contributed by atoms with van der Waals surface area (Å²) >= 11 is 0. The molecule has 0 aromatic carbocycles. The van der Waals surface area contributed by atoms with Gasteiger partial charge in [0.25, 0.3) is 0 Å². The van der Waals surface area contributed by atoms with Gasteiger partial charge >= 0.3 is 0 Å². The van der Waals surface area contributed by atoms with Crippen molar-refractivity contribution in [1.82, 2.24) is 10.3 Å². The number of carbonyl (C=O) groups is 1. The van der Waals surface area contributed by atoms with Crippen molar-refractivity contribution < 1.29 is 14.3 Å². The summed E-state index contributed by atoms with van der Waals surface area (Å²) in [5, 5.41) is 0. The van der Waals surface area contributed by atoms with Crippen LogP contribution in [0, 0.1) is 0 Å². The lowest BCUT2D eigenvalue weighted by atomic mass is 10.3. The summed E-state index contributed by atoms with van der Waals surface area (Å²) in [4.78, 5) is 13.2. The van der Waals surface area contributed by atoms with Crippen LogP contribution in [0.15, 0.2) is 0 Å². The number of ether oxygens (including phenoxy) is 2. The van der Waals surface area contributed by atoms with Crippen molar-refractivity contribution in [1.29, 1.82) is 0 Å². The molecule has 94 valence electrons. The van der Waals surface area contributed by atoms with Crippen LogP contribution in [-0.2, 0) is 14.3 Å².